The zero-order valence-corrected chi connectivity index (χ0v) is 12.2. The van der Waals surface area contributed by atoms with Gasteiger partial charge in [-0.15, -0.1) is 0 Å². The number of rotatable bonds is 4. The molecule has 2 rings (SSSR count). The lowest BCUT2D eigenvalue weighted by molar-refractivity contribution is -0.0677. The van der Waals surface area contributed by atoms with Crippen LogP contribution in [-0.4, -0.2) is 19.2 Å². The van der Waals surface area contributed by atoms with E-state index in [4.69, 9.17) is 4.74 Å². The molecule has 1 aliphatic rings. The molecule has 3 unspecified atom stereocenters. The summed E-state index contributed by atoms with van der Waals surface area (Å²) in [5, 5.41) is 3.40. The molecule has 0 aromatic heterocycles. The summed E-state index contributed by atoms with van der Waals surface area (Å²) < 4.78 is 6.18. The maximum Gasteiger partial charge on any atom is 0.120 e. The van der Waals surface area contributed by atoms with Gasteiger partial charge in [-0.25, -0.2) is 0 Å². The highest BCUT2D eigenvalue weighted by Gasteiger charge is 2.51. The Kier molecular flexibility index (Phi) is 3.67. The van der Waals surface area contributed by atoms with Gasteiger partial charge in [-0.3, -0.25) is 0 Å². The predicted molar refractivity (Wildman–Crippen MR) is 76.2 cm³/mol. The monoisotopic (exact) mass is 247 g/mol. The molecule has 18 heavy (non-hydrogen) atoms. The van der Waals surface area contributed by atoms with Crippen LogP contribution in [0.4, 0.5) is 0 Å². The van der Waals surface area contributed by atoms with Gasteiger partial charge in [0.1, 0.15) is 11.9 Å². The Hall–Kier alpha value is -1.02. The Bertz CT molecular complexity index is 429. The minimum absolute atomic E-state index is 0.257. The maximum absolute atomic E-state index is 6.18. The smallest absolute Gasteiger partial charge is 0.120 e. The van der Waals surface area contributed by atoms with E-state index in [9.17, 15) is 0 Å². The number of ether oxygens (including phenoxy) is 1. The Balaban J connectivity index is 2.08. The van der Waals surface area contributed by atoms with Crippen molar-refractivity contribution in [2.24, 2.45) is 5.41 Å². The Morgan fingerprint density at radius 1 is 1.33 bits per heavy atom. The summed E-state index contributed by atoms with van der Waals surface area (Å²) >= 11 is 0. The minimum atomic E-state index is 0.257. The molecule has 1 saturated carbocycles. The zero-order chi connectivity index (χ0) is 13.3. The van der Waals surface area contributed by atoms with E-state index in [1.54, 1.807) is 0 Å². The Labute approximate surface area is 111 Å². The number of aryl methyl sites for hydroxylation is 2. The van der Waals surface area contributed by atoms with Crippen LogP contribution in [0.2, 0.25) is 0 Å². The van der Waals surface area contributed by atoms with Crippen molar-refractivity contribution in [2.45, 2.75) is 52.7 Å². The summed E-state index contributed by atoms with van der Waals surface area (Å²) in [7, 11) is 2.05. The van der Waals surface area contributed by atoms with Crippen molar-refractivity contribution < 1.29 is 4.74 Å². The van der Waals surface area contributed by atoms with E-state index in [-0.39, 0.29) is 5.41 Å². The summed E-state index contributed by atoms with van der Waals surface area (Å²) in [6, 6.07) is 6.96. The fourth-order valence-corrected chi connectivity index (χ4v) is 2.87. The molecule has 0 bridgehead atoms. The van der Waals surface area contributed by atoms with E-state index in [1.165, 1.54) is 11.1 Å². The highest BCUT2D eigenvalue weighted by molar-refractivity contribution is 5.34. The molecule has 1 N–H and O–H groups in total. The number of hydrogen-bond donors (Lipinski definition) is 1. The van der Waals surface area contributed by atoms with Crippen LogP contribution in [0.5, 0.6) is 5.75 Å². The third kappa shape index (κ3) is 2.14. The minimum Gasteiger partial charge on any atom is -0.490 e. The first-order chi connectivity index (χ1) is 8.51. The van der Waals surface area contributed by atoms with Gasteiger partial charge in [0.2, 0.25) is 0 Å². The highest BCUT2D eigenvalue weighted by atomic mass is 16.5. The van der Waals surface area contributed by atoms with Gasteiger partial charge in [0, 0.05) is 17.9 Å². The predicted octanol–water partition coefficient (Wildman–Crippen LogP) is 3.46. The fourth-order valence-electron chi connectivity index (χ4n) is 2.87. The summed E-state index contributed by atoms with van der Waals surface area (Å²) in [5.41, 5.74) is 2.88. The van der Waals surface area contributed by atoms with Gasteiger partial charge in [-0.2, -0.15) is 0 Å². The van der Waals surface area contributed by atoms with Crippen molar-refractivity contribution >= 4 is 0 Å². The first kappa shape index (κ1) is 13.4. The molecule has 0 heterocycles. The molecular weight excluding hydrogens is 222 g/mol. The van der Waals surface area contributed by atoms with Crippen LogP contribution in [0.3, 0.4) is 0 Å². The van der Waals surface area contributed by atoms with E-state index in [2.05, 4.69) is 51.2 Å². The molecule has 1 aromatic carbocycles. The van der Waals surface area contributed by atoms with Gasteiger partial charge >= 0.3 is 0 Å². The molecule has 1 aliphatic carbocycles. The molecule has 1 aromatic rings. The molecule has 0 amide bonds. The van der Waals surface area contributed by atoms with Gasteiger partial charge in [0.05, 0.1) is 0 Å². The highest BCUT2D eigenvalue weighted by Crippen LogP contribution is 2.45. The number of nitrogens with one attached hydrogen (secondary N) is 1. The lowest BCUT2D eigenvalue weighted by Crippen LogP contribution is -2.62. The molecule has 0 spiro atoms. The molecule has 100 valence electrons. The molecule has 2 heteroatoms. The summed E-state index contributed by atoms with van der Waals surface area (Å²) in [5.74, 6) is 1.01. The van der Waals surface area contributed by atoms with E-state index < -0.39 is 0 Å². The largest absolute Gasteiger partial charge is 0.490 e. The maximum atomic E-state index is 6.18. The van der Waals surface area contributed by atoms with Crippen molar-refractivity contribution in [1.82, 2.24) is 5.32 Å². The molecule has 0 radical (unpaired) electrons. The first-order valence-corrected chi connectivity index (χ1v) is 6.92. The Morgan fingerprint density at radius 3 is 2.61 bits per heavy atom. The van der Waals surface area contributed by atoms with Crippen molar-refractivity contribution in [3.05, 3.63) is 29.3 Å². The molecule has 0 saturated heterocycles. The van der Waals surface area contributed by atoms with Crippen LogP contribution in [-0.2, 0) is 0 Å². The van der Waals surface area contributed by atoms with Crippen molar-refractivity contribution in [3.63, 3.8) is 0 Å². The van der Waals surface area contributed by atoms with Gasteiger partial charge in [-0.1, -0.05) is 19.9 Å². The third-order valence-corrected chi connectivity index (χ3v) is 4.85. The van der Waals surface area contributed by atoms with Crippen molar-refractivity contribution in [2.75, 3.05) is 7.05 Å². The van der Waals surface area contributed by atoms with Crippen molar-refractivity contribution in [1.29, 1.82) is 0 Å². The second-order valence-electron chi connectivity index (χ2n) is 5.79. The van der Waals surface area contributed by atoms with E-state index in [1.807, 2.05) is 7.05 Å². The van der Waals surface area contributed by atoms with Crippen LogP contribution in [0.15, 0.2) is 18.2 Å². The summed E-state index contributed by atoms with van der Waals surface area (Å²) in [6.45, 7) is 8.84. The van der Waals surface area contributed by atoms with Crippen LogP contribution < -0.4 is 10.1 Å². The van der Waals surface area contributed by atoms with Crippen LogP contribution in [0.1, 0.15) is 37.8 Å². The standard InChI is InChI=1S/C16H25NO/c1-6-16(4)14(17-5)10-15(16)18-13-8-7-11(2)12(3)9-13/h7-9,14-15,17H,6,10H2,1-5H3. The van der Waals surface area contributed by atoms with Crippen LogP contribution in [0.25, 0.3) is 0 Å². The van der Waals surface area contributed by atoms with Crippen molar-refractivity contribution in [3.8, 4) is 5.75 Å². The molecule has 1 fully saturated rings. The van der Waals surface area contributed by atoms with Gasteiger partial charge < -0.3 is 10.1 Å². The second kappa shape index (κ2) is 4.93. The lowest BCUT2D eigenvalue weighted by Gasteiger charge is -2.53. The average molecular weight is 247 g/mol. The van der Waals surface area contributed by atoms with Gasteiger partial charge in [0.25, 0.3) is 0 Å². The molecular formula is C16H25NO. The van der Waals surface area contributed by atoms with E-state index in [0.29, 0.717) is 12.1 Å². The average Bonchev–Trinajstić information content (AvgIpc) is 2.37. The summed E-state index contributed by atoms with van der Waals surface area (Å²) in [4.78, 5) is 0. The van der Waals surface area contributed by atoms with E-state index >= 15 is 0 Å². The quantitative estimate of drug-likeness (QED) is 0.879. The zero-order valence-electron chi connectivity index (χ0n) is 12.2. The SMILES string of the molecule is CCC1(C)C(NC)CC1Oc1ccc(C)c(C)c1. The van der Waals surface area contributed by atoms with Crippen LogP contribution in [0, 0.1) is 19.3 Å². The van der Waals surface area contributed by atoms with Gasteiger partial charge in [-0.05, 0) is 50.6 Å². The molecule has 2 nitrogen and oxygen atoms in total. The van der Waals surface area contributed by atoms with E-state index in [0.717, 1.165) is 18.6 Å². The number of hydrogen-bond acceptors (Lipinski definition) is 2. The summed E-state index contributed by atoms with van der Waals surface area (Å²) in [6.07, 6.45) is 2.59. The van der Waals surface area contributed by atoms with Gasteiger partial charge in [0.15, 0.2) is 0 Å². The number of benzene rings is 1. The molecule has 0 aliphatic heterocycles. The fraction of sp³-hybridized carbons (Fsp3) is 0.625. The Morgan fingerprint density at radius 2 is 2.06 bits per heavy atom. The molecule has 3 atom stereocenters. The van der Waals surface area contributed by atoms with Crippen LogP contribution >= 0.6 is 0 Å². The normalized spacial score (nSPS) is 30.9. The second-order valence-corrected chi connectivity index (χ2v) is 5.79. The lowest BCUT2D eigenvalue weighted by atomic mass is 9.61. The first-order valence-electron chi connectivity index (χ1n) is 6.92. The third-order valence-electron chi connectivity index (χ3n) is 4.85. The topological polar surface area (TPSA) is 21.3 Å².